The summed E-state index contributed by atoms with van der Waals surface area (Å²) in [5.41, 5.74) is 23.9. The number of nitrogens with two attached hydrogens (primary N) is 3. The number of amides is 1. The van der Waals surface area contributed by atoms with Crippen molar-refractivity contribution in [3.05, 3.63) is 57.4 Å². The van der Waals surface area contributed by atoms with Crippen LogP contribution in [0.2, 0.25) is 0 Å². The molecule has 9 nitrogen and oxygen atoms in total. The summed E-state index contributed by atoms with van der Waals surface area (Å²) in [5, 5.41) is 0.525. The number of thiazole rings is 1. The van der Waals surface area contributed by atoms with Gasteiger partial charge >= 0.3 is 0 Å². The zero-order chi connectivity index (χ0) is 26.1. The third kappa shape index (κ3) is 3.93. The molecule has 0 bridgehead atoms. The van der Waals surface area contributed by atoms with Crippen LogP contribution in [0.5, 0.6) is 0 Å². The summed E-state index contributed by atoms with van der Waals surface area (Å²) in [7, 11) is 0. The summed E-state index contributed by atoms with van der Waals surface area (Å²) in [6.45, 7) is 8.89. The molecule has 4 heterocycles. The van der Waals surface area contributed by atoms with E-state index in [1.165, 1.54) is 28.0 Å². The van der Waals surface area contributed by atoms with Crippen LogP contribution in [0.1, 0.15) is 70.5 Å². The van der Waals surface area contributed by atoms with Crippen molar-refractivity contribution >= 4 is 34.0 Å². The molecule has 1 amide bonds. The first kappa shape index (κ1) is 24.1. The highest BCUT2D eigenvalue weighted by atomic mass is 32.1. The van der Waals surface area contributed by atoms with E-state index >= 15 is 0 Å². The zero-order valence-electron chi connectivity index (χ0n) is 21.6. The Bertz CT molecular complexity index is 1390. The maximum Gasteiger partial charge on any atom is 0.276 e. The van der Waals surface area contributed by atoms with E-state index in [-0.39, 0.29) is 34.3 Å². The molecule has 6 rings (SSSR count). The molecule has 6 N–H and O–H groups in total. The lowest BCUT2D eigenvalue weighted by Crippen LogP contribution is -2.45. The fraction of sp³-hybridized carbons (Fsp3) is 0.481. The van der Waals surface area contributed by atoms with E-state index in [1.807, 2.05) is 0 Å². The maximum absolute atomic E-state index is 13.4. The Morgan fingerprint density at radius 2 is 1.92 bits per heavy atom. The smallest absolute Gasteiger partial charge is 0.276 e. The van der Waals surface area contributed by atoms with Crippen molar-refractivity contribution < 1.29 is 4.79 Å². The van der Waals surface area contributed by atoms with Gasteiger partial charge in [0.15, 0.2) is 16.6 Å². The van der Waals surface area contributed by atoms with Crippen molar-refractivity contribution in [1.82, 2.24) is 19.9 Å². The lowest BCUT2D eigenvalue weighted by atomic mass is 9.73. The van der Waals surface area contributed by atoms with Crippen molar-refractivity contribution in [3.8, 4) is 0 Å². The van der Waals surface area contributed by atoms with Crippen LogP contribution in [0.15, 0.2) is 24.4 Å². The highest BCUT2D eigenvalue weighted by molar-refractivity contribution is 7.15. The predicted octanol–water partition coefficient (Wildman–Crippen LogP) is 3.18. The third-order valence-electron chi connectivity index (χ3n) is 8.47. The number of carbonyl (C=O) groups is 1. The van der Waals surface area contributed by atoms with Gasteiger partial charge in [-0.25, -0.2) is 15.0 Å². The van der Waals surface area contributed by atoms with Crippen molar-refractivity contribution in [2.24, 2.45) is 11.1 Å². The van der Waals surface area contributed by atoms with Crippen LogP contribution in [0, 0.1) is 12.3 Å². The van der Waals surface area contributed by atoms with Crippen molar-refractivity contribution in [1.29, 1.82) is 0 Å². The number of nitrogen functional groups attached to an aromatic ring is 2. The van der Waals surface area contributed by atoms with Crippen LogP contribution in [0.4, 0.5) is 16.8 Å². The van der Waals surface area contributed by atoms with E-state index in [1.54, 1.807) is 11.1 Å². The molecular weight excluding hydrogens is 484 g/mol. The molecule has 0 radical (unpaired) electrons. The van der Waals surface area contributed by atoms with Gasteiger partial charge in [0, 0.05) is 36.0 Å². The summed E-state index contributed by atoms with van der Waals surface area (Å²) < 4.78 is 0. The van der Waals surface area contributed by atoms with Crippen LogP contribution < -0.4 is 22.1 Å². The number of benzene rings is 1. The second-order valence-electron chi connectivity index (χ2n) is 11.5. The maximum atomic E-state index is 13.4. The van der Waals surface area contributed by atoms with Gasteiger partial charge in [-0.15, -0.1) is 11.3 Å². The lowest BCUT2D eigenvalue weighted by Gasteiger charge is -2.42. The number of hydrogen-bond acceptors (Lipinski definition) is 9. The van der Waals surface area contributed by atoms with Crippen LogP contribution in [0.3, 0.4) is 0 Å². The Kier molecular flexibility index (Phi) is 5.47. The normalized spacial score (nSPS) is 21.7. The third-order valence-corrected chi connectivity index (χ3v) is 9.34. The van der Waals surface area contributed by atoms with Gasteiger partial charge in [-0.2, -0.15) is 0 Å². The first-order valence-electron chi connectivity index (χ1n) is 12.8. The number of hydrogen-bond donors (Lipinski definition) is 3. The first-order chi connectivity index (χ1) is 17.6. The molecule has 1 saturated heterocycles. The second kappa shape index (κ2) is 8.39. The molecule has 1 unspecified atom stereocenters. The number of nitrogens with zero attached hydrogens (tertiary/aromatic N) is 5. The highest BCUT2D eigenvalue weighted by Crippen LogP contribution is 2.51. The van der Waals surface area contributed by atoms with Gasteiger partial charge in [0.25, 0.3) is 5.91 Å². The summed E-state index contributed by atoms with van der Waals surface area (Å²) in [6, 6.07) is 6.72. The predicted molar refractivity (Wildman–Crippen MR) is 146 cm³/mol. The molecule has 0 saturated carbocycles. The van der Waals surface area contributed by atoms with E-state index in [0.29, 0.717) is 24.0 Å². The standard InChI is InChI=1S/C27H34N8OS/c1-15-4-5-16-11-27(21(28)17(16)10-15)6-8-34(9-7-27)19-12-31-20(23(29)32-19)24(36)35-13-18-22(26(2,3)14-35)33-25(30)37-18/h4-5,10,12,21H,6-9,11,13-14,28H2,1-3H3,(H2,29,32)(H2,30,33). The van der Waals surface area contributed by atoms with Crippen LogP contribution in [0.25, 0.3) is 0 Å². The molecule has 1 fully saturated rings. The largest absolute Gasteiger partial charge is 0.382 e. The van der Waals surface area contributed by atoms with E-state index in [0.717, 1.165) is 42.9 Å². The molecule has 2 aromatic heterocycles. The number of carbonyl (C=O) groups excluding carboxylic acids is 1. The fourth-order valence-electron chi connectivity index (χ4n) is 6.44. The Labute approximate surface area is 221 Å². The fourth-order valence-corrected chi connectivity index (χ4v) is 7.47. The highest BCUT2D eigenvalue weighted by Gasteiger charge is 2.46. The molecule has 10 heteroatoms. The summed E-state index contributed by atoms with van der Waals surface area (Å²) in [5.74, 6) is 0.654. The summed E-state index contributed by atoms with van der Waals surface area (Å²) in [6.07, 6.45) is 4.67. The van der Waals surface area contributed by atoms with Gasteiger partial charge in [0.1, 0.15) is 5.82 Å². The molecule has 3 aliphatic rings. The Hall–Kier alpha value is -3.24. The molecule has 2 aliphatic heterocycles. The minimum atomic E-state index is -0.303. The molecule has 194 valence electrons. The SMILES string of the molecule is Cc1ccc2c(c1)C(N)C1(CCN(c3cnc(C(=O)N4Cc5sc(N)nc5C(C)(C)C4)c(N)n3)CC1)C2. The Morgan fingerprint density at radius 3 is 2.65 bits per heavy atom. The Balaban J connectivity index is 1.16. The zero-order valence-corrected chi connectivity index (χ0v) is 22.4. The topological polar surface area (TPSA) is 140 Å². The van der Waals surface area contributed by atoms with E-state index in [9.17, 15) is 4.79 Å². The number of aromatic nitrogens is 3. The van der Waals surface area contributed by atoms with Gasteiger partial charge in [0.2, 0.25) is 0 Å². The van der Waals surface area contributed by atoms with Crippen molar-refractivity contribution in [2.45, 2.75) is 58.0 Å². The van der Waals surface area contributed by atoms with Crippen molar-refractivity contribution in [2.75, 3.05) is 36.0 Å². The number of aryl methyl sites for hydroxylation is 1. The van der Waals surface area contributed by atoms with Crippen molar-refractivity contribution in [3.63, 3.8) is 0 Å². The van der Waals surface area contributed by atoms with Gasteiger partial charge < -0.3 is 27.0 Å². The molecule has 1 aliphatic carbocycles. The molecule has 1 aromatic carbocycles. The minimum absolute atomic E-state index is 0.0592. The molecule has 1 atom stereocenters. The van der Waals surface area contributed by atoms with Gasteiger partial charge in [0.05, 0.1) is 18.4 Å². The van der Waals surface area contributed by atoms with Crippen LogP contribution >= 0.6 is 11.3 Å². The first-order valence-corrected chi connectivity index (χ1v) is 13.7. The molecule has 37 heavy (non-hydrogen) atoms. The molecule has 3 aromatic rings. The average molecular weight is 519 g/mol. The van der Waals surface area contributed by atoms with E-state index in [2.05, 4.69) is 58.8 Å². The van der Waals surface area contributed by atoms with Gasteiger partial charge in [-0.3, -0.25) is 4.79 Å². The quantitative estimate of drug-likeness (QED) is 0.470. The number of rotatable bonds is 2. The van der Waals surface area contributed by atoms with E-state index < -0.39 is 0 Å². The van der Waals surface area contributed by atoms with Crippen LogP contribution in [-0.2, 0) is 18.4 Å². The molecule has 1 spiro atoms. The number of fused-ring (bicyclic) bond motifs is 2. The monoisotopic (exact) mass is 518 g/mol. The number of anilines is 3. The lowest BCUT2D eigenvalue weighted by molar-refractivity contribution is 0.0682. The summed E-state index contributed by atoms with van der Waals surface area (Å²) >= 11 is 1.43. The average Bonchev–Trinajstić information content (AvgIpc) is 3.36. The summed E-state index contributed by atoms with van der Waals surface area (Å²) in [4.78, 5) is 32.0. The van der Waals surface area contributed by atoms with E-state index in [4.69, 9.17) is 17.2 Å². The number of piperidine rings is 1. The van der Waals surface area contributed by atoms with Gasteiger partial charge in [-0.05, 0) is 42.7 Å². The minimum Gasteiger partial charge on any atom is -0.382 e. The van der Waals surface area contributed by atoms with Gasteiger partial charge in [-0.1, -0.05) is 37.6 Å². The van der Waals surface area contributed by atoms with Crippen LogP contribution in [-0.4, -0.2) is 45.4 Å². The Morgan fingerprint density at radius 1 is 1.16 bits per heavy atom. The second-order valence-corrected chi connectivity index (χ2v) is 12.7. The molecular formula is C27H34N8OS.